The molecule has 1 fully saturated rings. The summed E-state index contributed by atoms with van der Waals surface area (Å²) < 4.78 is 0. The standard InChI is InChI=1S/C33H39N7O4S.3CH4/c1-2-4-22-16-26(39-33-27(22)28(34)29(45-33)31(36)43)40-13-11-24(12-14-40)37-18-25(41)20-7-9-21(10-8-20)32(44)38-17-19-5-3-6-23(15-19)30(35)42;;;/h3,5-10,15-16,24-25,37,41H,2,4,11-14,17-18,34H2,1H3,(H2,35,42)(H2,36,43)(H,38,44);3*1H4. The minimum absolute atomic E-state index is 0. The van der Waals surface area contributed by atoms with E-state index >= 15 is 0 Å². The molecular formula is C36H51N7O4S. The van der Waals surface area contributed by atoms with Gasteiger partial charge in [0, 0.05) is 48.7 Å². The van der Waals surface area contributed by atoms with Gasteiger partial charge in [0.25, 0.3) is 11.8 Å². The summed E-state index contributed by atoms with van der Waals surface area (Å²) in [4.78, 5) is 44.1. The normalized spacial score (nSPS) is 13.5. The summed E-state index contributed by atoms with van der Waals surface area (Å²) in [5.74, 6) is -0.422. The molecule has 3 heterocycles. The van der Waals surface area contributed by atoms with Gasteiger partial charge in [0.05, 0.1) is 11.8 Å². The van der Waals surface area contributed by atoms with Crippen molar-refractivity contribution in [2.45, 2.75) is 73.6 Å². The highest BCUT2D eigenvalue weighted by Gasteiger charge is 2.24. The Kier molecular flexibility index (Phi) is 14.5. The van der Waals surface area contributed by atoms with Crippen LogP contribution in [0.5, 0.6) is 0 Å². The number of hydrogen-bond acceptors (Lipinski definition) is 9. The van der Waals surface area contributed by atoms with Gasteiger partial charge >= 0.3 is 0 Å². The topological polar surface area (TPSA) is 190 Å². The van der Waals surface area contributed by atoms with Gasteiger partial charge in [-0.2, -0.15) is 0 Å². The summed E-state index contributed by atoms with van der Waals surface area (Å²) in [6.45, 7) is 4.37. The molecule has 48 heavy (non-hydrogen) atoms. The van der Waals surface area contributed by atoms with Crippen molar-refractivity contribution in [3.63, 3.8) is 0 Å². The van der Waals surface area contributed by atoms with Crippen molar-refractivity contribution in [1.29, 1.82) is 0 Å². The zero-order valence-corrected chi connectivity index (χ0v) is 26.0. The lowest BCUT2D eigenvalue weighted by Gasteiger charge is -2.34. The second-order valence-electron chi connectivity index (χ2n) is 11.3. The maximum atomic E-state index is 12.6. The molecule has 12 heteroatoms. The van der Waals surface area contributed by atoms with Gasteiger partial charge in [0.1, 0.15) is 15.5 Å². The number of hydrogen-bond donors (Lipinski definition) is 6. The minimum Gasteiger partial charge on any atom is -0.397 e. The molecule has 1 aliphatic rings. The Bertz CT molecular complexity index is 1700. The molecule has 0 radical (unpaired) electrons. The number of primary amides is 2. The third-order valence-corrected chi connectivity index (χ3v) is 9.27. The lowest BCUT2D eigenvalue weighted by Crippen LogP contribution is -2.44. The summed E-state index contributed by atoms with van der Waals surface area (Å²) in [7, 11) is 0. The fourth-order valence-corrected chi connectivity index (χ4v) is 6.67. The van der Waals surface area contributed by atoms with E-state index in [2.05, 4.69) is 28.5 Å². The van der Waals surface area contributed by atoms with Crippen molar-refractivity contribution in [3.8, 4) is 0 Å². The molecule has 2 aromatic carbocycles. The van der Waals surface area contributed by atoms with Crippen LogP contribution in [0.25, 0.3) is 10.2 Å². The van der Waals surface area contributed by atoms with E-state index in [1.165, 1.54) is 11.3 Å². The number of nitrogens with one attached hydrogen (secondary N) is 2. The Morgan fingerprint density at radius 3 is 2.31 bits per heavy atom. The number of nitrogens with two attached hydrogens (primary N) is 3. The number of rotatable bonds is 12. The van der Waals surface area contributed by atoms with Gasteiger partial charge in [-0.15, -0.1) is 11.3 Å². The van der Waals surface area contributed by atoms with E-state index in [-0.39, 0.29) is 40.8 Å². The van der Waals surface area contributed by atoms with E-state index in [0.717, 1.165) is 71.5 Å². The lowest BCUT2D eigenvalue weighted by atomic mass is 10.0. The van der Waals surface area contributed by atoms with Gasteiger partial charge in [-0.3, -0.25) is 14.4 Å². The van der Waals surface area contributed by atoms with Crippen molar-refractivity contribution in [1.82, 2.24) is 15.6 Å². The first-order chi connectivity index (χ1) is 21.6. The highest BCUT2D eigenvalue weighted by molar-refractivity contribution is 7.21. The zero-order valence-electron chi connectivity index (χ0n) is 25.2. The molecule has 11 nitrogen and oxygen atoms in total. The number of benzene rings is 2. The van der Waals surface area contributed by atoms with Crippen LogP contribution in [0, 0.1) is 0 Å². The summed E-state index contributed by atoms with van der Waals surface area (Å²) >= 11 is 1.25. The number of nitrogens with zero attached hydrogens (tertiary/aromatic N) is 2. The van der Waals surface area contributed by atoms with E-state index in [1.54, 1.807) is 42.5 Å². The number of aryl methyl sites for hydroxylation is 1. The first-order valence-electron chi connectivity index (χ1n) is 15.1. The Morgan fingerprint density at radius 1 is 1.00 bits per heavy atom. The van der Waals surface area contributed by atoms with Gasteiger partial charge in [-0.05, 0) is 66.3 Å². The zero-order chi connectivity index (χ0) is 32.1. The Morgan fingerprint density at radius 2 is 1.69 bits per heavy atom. The third kappa shape index (κ3) is 9.09. The molecular weight excluding hydrogens is 627 g/mol. The predicted molar refractivity (Wildman–Crippen MR) is 198 cm³/mol. The van der Waals surface area contributed by atoms with Gasteiger partial charge < -0.3 is 37.8 Å². The Balaban J connectivity index is 0.00000267. The number of pyridine rings is 1. The minimum atomic E-state index is -0.721. The molecule has 260 valence electrons. The molecule has 9 N–H and O–H groups in total. The van der Waals surface area contributed by atoms with Crippen LogP contribution in [-0.4, -0.2) is 53.5 Å². The average Bonchev–Trinajstić information content (AvgIpc) is 3.39. The van der Waals surface area contributed by atoms with E-state index in [4.69, 9.17) is 22.2 Å². The largest absolute Gasteiger partial charge is 0.397 e. The molecule has 1 aliphatic heterocycles. The molecule has 2 aromatic heterocycles. The number of carbonyl (C=O) groups is 3. The second-order valence-corrected chi connectivity index (χ2v) is 12.3. The van der Waals surface area contributed by atoms with Crippen LogP contribution in [0.2, 0.25) is 0 Å². The van der Waals surface area contributed by atoms with Gasteiger partial charge in [0.2, 0.25) is 5.91 Å². The summed E-state index contributed by atoms with van der Waals surface area (Å²) in [6.07, 6.45) is 2.82. The Hall–Kier alpha value is -4.52. The summed E-state index contributed by atoms with van der Waals surface area (Å²) in [6, 6.07) is 16.0. The van der Waals surface area contributed by atoms with Crippen LogP contribution in [0.1, 0.15) is 102 Å². The van der Waals surface area contributed by atoms with Gasteiger partial charge in [-0.1, -0.05) is 59.9 Å². The SMILES string of the molecule is C.C.C.CCCc1cc(N2CCC(NCC(O)c3ccc(C(=O)NCc4cccc(C(N)=O)c4)cc3)CC2)nc2sc(C(N)=O)c(N)c12. The molecule has 0 aliphatic carbocycles. The number of aliphatic hydroxyl groups excluding tert-OH is 1. The fraction of sp³-hybridized carbons (Fsp3) is 0.389. The first kappa shape index (κ1) is 39.7. The number of amides is 3. The lowest BCUT2D eigenvalue weighted by molar-refractivity contribution is 0.0949. The van der Waals surface area contributed by atoms with Crippen molar-refractivity contribution in [3.05, 3.63) is 87.3 Å². The van der Waals surface area contributed by atoms with Gasteiger partial charge in [-0.25, -0.2) is 4.98 Å². The molecule has 1 unspecified atom stereocenters. The number of aliphatic hydroxyl groups is 1. The number of fused-ring (bicyclic) bond motifs is 1. The van der Waals surface area contributed by atoms with Crippen LogP contribution in [0.15, 0.2) is 54.6 Å². The van der Waals surface area contributed by atoms with Crippen LogP contribution in [-0.2, 0) is 13.0 Å². The van der Waals surface area contributed by atoms with E-state index < -0.39 is 17.9 Å². The van der Waals surface area contributed by atoms with Crippen LogP contribution < -0.4 is 32.7 Å². The quantitative estimate of drug-likeness (QED) is 0.119. The van der Waals surface area contributed by atoms with Crippen molar-refractivity contribution < 1.29 is 19.5 Å². The molecule has 1 saturated heterocycles. The molecule has 0 bridgehead atoms. The van der Waals surface area contributed by atoms with Crippen molar-refractivity contribution in [2.75, 3.05) is 30.3 Å². The first-order valence-corrected chi connectivity index (χ1v) is 15.9. The van der Waals surface area contributed by atoms with Crippen LogP contribution in [0.3, 0.4) is 0 Å². The van der Waals surface area contributed by atoms with E-state index in [9.17, 15) is 19.5 Å². The summed E-state index contributed by atoms with van der Waals surface area (Å²) in [5.41, 5.74) is 21.0. The number of nitrogen functional groups attached to an aromatic ring is 1. The molecule has 4 aromatic rings. The van der Waals surface area contributed by atoms with Crippen LogP contribution >= 0.6 is 11.3 Å². The number of thiophene rings is 1. The number of aromatic nitrogens is 1. The van der Waals surface area contributed by atoms with Gasteiger partial charge in [0.15, 0.2) is 0 Å². The third-order valence-electron chi connectivity index (χ3n) is 8.15. The molecule has 0 spiro atoms. The number of carbonyl (C=O) groups excluding carboxylic acids is 3. The molecule has 5 rings (SSSR count). The second kappa shape index (κ2) is 17.6. The van der Waals surface area contributed by atoms with E-state index in [1.807, 2.05) is 6.07 Å². The molecule has 0 saturated carbocycles. The maximum absolute atomic E-state index is 12.6. The Labute approximate surface area is 287 Å². The monoisotopic (exact) mass is 677 g/mol. The highest BCUT2D eigenvalue weighted by atomic mass is 32.1. The molecule has 1 atom stereocenters. The summed E-state index contributed by atoms with van der Waals surface area (Å²) in [5, 5.41) is 18.0. The highest BCUT2D eigenvalue weighted by Crippen LogP contribution is 2.37. The smallest absolute Gasteiger partial charge is 0.260 e. The number of piperidine rings is 1. The van der Waals surface area contributed by atoms with Crippen molar-refractivity contribution >= 4 is 50.8 Å². The number of anilines is 2. The van der Waals surface area contributed by atoms with Crippen molar-refractivity contribution in [2.24, 2.45) is 11.5 Å². The van der Waals surface area contributed by atoms with Crippen LogP contribution in [0.4, 0.5) is 11.5 Å². The predicted octanol–water partition coefficient (Wildman–Crippen LogP) is 5.16. The molecule has 3 amide bonds. The van der Waals surface area contributed by atoms with E-state index in [0.29, 0.717) is 28.2 Å². The maximum Gasteiger partial charge on any atom is 0.260 e. The average molecular weight is 678 g/mol. The fourth-order valence-electron chi connectivity index (χ4n) is 5.68.